The van der Waals surface area contributed by atoms with E-state index in [9.17, 15) is 4.79 Å². The Balaban J connectivity index is 1.80. The smallest absolute Gasteiger partial charge is 0.243 e. The Labute approximate surface area is 124 Å². The molecule has 4 nitrogen and oxygen atoms in total. The number of carbonyl (C=O) groups is 1. The van der Waals surface area contributed by atoms with E-state index in [1.54, 1.807) is 12.3 Å². The van der Waals surface area contributed by atoms with E-state index in [0.717, 1.165) is 12.1 Å². The number of benzene rings is 1. The molecule has 0 bridgehead atoms. The first-order chi connectivity index (χ1) is 10.3. The molecule has 0 fully saturated rings. The highest BCUT2D eigenvalue weighted by atomic mass is 16.1. The molecule has 0 atom stereocenters. The van der Waals surface area contributed by atoms with E-state index < -0.39 is 0 Å². The van der Waals surface area contributed by atoms with Crippen molar-refractivity contribution in [2.75, 3.05) is 6.54 Å². The molecule has 2 aromatic rings. The van der Waals surface area contributed by atoms with Crippen LogP contribution in [0.25, 0.3) is 5.69 Å². The Kier molecular flexibility index (Phi) is 5.52. The molecular weight excluding hydrogens is 262 g/mol. The normalized spacial score (nSPS) is 11.3. The standard InChI is InChI=1S/C17H19N3O/c1-2-3-4-6-17(21)18-13-11-15-7-9-16(10-8-15)20-14-5-12-19-20/h2-10,12,14H,11,13H2,1H3,(H,18,21). The maximum Gasteiger partial charge on any atom is 0.243 e. The van der Waals surface area contributed by atoms with Crippen molar-refractivity contribution in [3.63, 3.8) is 0 Å². The van der Waals surface area contributed by atoms with Gasteiger partial charge in [-0.25, -0.2) is 4.68 Å². The van der Waals surface area contributed by atoms with Crippen LogP contribution in [0.2, 0.25) is 0 Å². The minimum absolute atomic E-state index is 0.0683. The summed E-state index contributed by atoms with van der Waals surface area (Å²) in [6.45, 7) is 2.54. The Hall–Kier alpha value is -2.62. The van der Waals surface area contributed by atoms with Crippen LogP contribution >= 0.6 is 0 Å². The van der Waals surface area contributed by atoms with E-state index in [-0.39, 0.29) is 5.91 Å². The van der Waals surface area contributed by atoms with Crippen LogP contribution < -0.4 is 5.32 Å². The van der Waals surface area contributed by atoms with Crippen LogP contribution in [0.5, 0.6) is 0 Å². The Morgan fingerprint density at radius 1 is 1.29 bits per heavy atom. The molecule has 1 N–H and O–H groups in total. The van der Waals surface area contributed by atoms with Crippen molar-refractivity contribution in [2.45, 2.75) is 13.3 Å². The summed E-state index contributed by atoms with van der Waals surface area (Å²) < 4.78 is 1.82. The molecule has 0 aliphatic rings. The average Bonchev–Trinajstić information content (AvgIpc) is 3.02. The Morgan fingerprint density at radius 2 is 2.10 bits per heavy atom. The molecule has 0 spiro atoms. The summed E-state index contributed by atoms with van der Waals surface area (Å²) in [7, 11) is 0. The maximum absolute atomic E-state index is 11.5. The van der Waals surface area contributed by atoms with Gasteiger partial charge >= 0.3 is 0 Å². The molecule has 1 aromatic heterocycles. The zero-order valence-corrected chi connectivity index (χ0v) is 12.1. The van der Waals surface area contributed by atoms with Crippen molar-refractivity contribution < 1.29 is 4.79 Å². The molecule has 0 saturated heterocycles. The van der Waals surface area contributed by atoms with Gasteiger partial charge in [0.15, 0.2) is 0 Å². The number of rotatable bonds is 6. The zero-order valence-electron chi connectivity index (χ0n) is 12.1. The monoisotopic (exact) mass is 281 g/mol. The number of hydrogen-bond donors (Lipinski definition) is 1. The second-order valence-corrected chi connectivity index (χ2v) is 4.54. The molecule has 0 unspecified atom stereocenters. The lowest BCUT2D eigenvalue weighted by Crippen LogP contribution is -2.23. The molecule has 2 rings (SSSR count). The van der Waals surface area contributed by atoms with Gasteiger partial charge in [-0.1, -0.05) is 30.4 Å². The lowest BCUT2D eigenvalue weighted by atomic mass is 10.1. The number of hydrogen-bond acceptors (Lipinski definition) is 2. The van der Waals surface area contributed by atoms with Crippen molar-refractivity contribution in [1.82, 2.24) is 15.1 Å². The molecule has 0 radical (unpaired) electrons. The number of nitrogens with one attached hydrogen (secondary N) is 1. The third kappa shape index (κ3) is 4.76. The van der Waals surface area contributed by atoms with Crippen LogP contribution in [0.4, 0.5) is 0 Å². The van der Waals surface area contributed by atoms with Gasteiger partial charge in [-0.05, 0) is 37.1 Å². The first-order valence-electron chi connectivity index (χ1n) is 6.96. The summed E-state index contributed by atoms with van der Waals surface area (Å²) in [5.41, 5.74) is 2.21. The topological polar surface area (TPSA) is 46.9 Å². The zero-order chi connectivity index (χ0) is 14.9. The SMILES string of the molecule is CC=CC=CC(=O)NCCc1ccc(-n2cccn2)cc1. The van der Waals surface area contributed by atoms with E-state index in [1.807, 2.05) is 48.2 Å². The Morgan fingerprint density at radius 3 is 2.76 bits per heavy atom. The van der Waals surface area contributed by atoms with E-state index in [2.05, 4.69) is 22.5 Å². The van der Waals surface area contributed by atoms with Crippen LogP contribution in [0.3, 0.4) is 0 Å². The molecule has 21 heavy (non-hydrogen) atoms. The molecule has 4 heteroatoms. The van der Waals surface area contributed by atoms with Gasteiger partial charge in [-0.15, -0.1) is 0 Å². The number of allylic oxidation sites excluding steroid dienone is 3. The van der Waals surface area contributed by atoms with Gasteiger partial charge in [0.05, 0.1) is 5.69 Å². The molecule has 1 aromatic carbocycles. The van der Waals surface area contributed by atoms with Gasteiger partial charge in [0, 0.05) is 25.0 Å². The van der Waals surface area contributed by atoms with Crippen molar-refractivity contribution in [2.24, 2.45) is 0 Å². The third-order valence-electron chi connectivity index (χ3n) is 2.97. The maximum atomic E-state index is 11.5. The van der Waals surface area contributed by atoms with Gasteiger partial charge in [0.2, 0.25) is 5.91 Å². The second kappa shape index (κ2) is 7.85. The van der Waals surface area contributed by atoms with Gasteiger partial charge in [0.1, 0.15) is 0 Å². The minimum Gasteiger partial charge on any atom is -0.352 e. The van der Waals surface area contributed by atoms with E-state index in [4.69, 9.17) is 0 Å². The van der Waals surface area contributed by atoms with Crippen LogP contribution in [0.15, 0.2) is 67.0 Å². The van der Waals surface area contributed by atoms with Crippen molar-refractivity contribution in [3.8, 4) is 5.69 Å². The van der Waals surface area contributed by atoms with Crippen molar-refractivity contribution in [1.29, 1.82) is 0 Å². The Bertz CT molecular complexity index is 610. The largest absolute Gasteiger partial charge is 0.352 e. The number of nitrogens with zero attached hydrogens (tertiary/aromatic N) is 2. The fourth-order valence-electron chi connectivity index (χ4n) is 1.88. The lowest BCUT2D eigenvalue weighted by molar-refractivity contribution is -0.116. The van der Waals surface area contributed by atoms with Crippen LogP contribution in [-0.2, 0) is 11.2 Å². The molecule has 0 aliphatic carbocycles. The quantitative estimate of drug-likeness (QED) is 0.653. The second-order valence-electron chi connectivity index (χ2n) is 4.54. The molecule has 1 heterocycles. The average molecular weight is 281 g/mol. The highest BCUT2D eigenvalue weighted by molar-refractivity contribution is 5.87. The van der Waals surface area contributed by atoms with Crippen LogP contribution in [0, 0.1) is 0 Å². The summed E-state index contributed by atoms with van der Waals surface area (Å²) >= 11 is 0. The van der Waals surface area contributed by atoms with E-state index in [1.165, 1.54) is 11.6 Å². The highest BCUT2D eigenvalue weighted by Crippen LogP contribution is 2.08. The van der Waals surface area contributed by atoms with Crippen LogP contribution in [-0.4, -0.2) is 22.2 Å². The first-order valence-corrected chi connectivity index (χ1v) is 6.96. The predicted molar refractivity (Wildman–Crippen MR) is 84.2 cm³/mol. The number of amides is 1. The van der Waals surface area contributed by atoms with Crippen molar-refractivity contribution in [3.05, 3.63) is 72.6 Å². The lowest BCUT2D eigenvalue weighted by Gasteiger charge is -2.05. The fraction of sp³-hybridized carbons (Fsp3) is 0.176. The minimum atomic E-state index is -0.0683. The van der Waals surface area contributed by atoms with E-state index >= 15 is 0 Å². The summed E-state index contributed by atoms with van der Waals surface area (Å²) in [6.07, 6.45) is 11.4. The first kappa shape index (κ1) is 14.8. The summed E-state index contributed by atoms with van der Waals surface area (Å²) in [5, 5.41) is 7.04. The number of aromatic nitrogens is 2. The highest BCUT2D eigenvalue weighted by Gasteiger charge is 1.98. The summed E-state index contributed by atoms with van der Waals surface area (Å²) in [6, 6.07) is 10.1. The predicted octanol–water partition coefficient (Wildman–Crippen LogP) is 2.66. The molecule has 1 amide bonds. The third-order valence-corrected chi connectivity index (χ3v) is 2.97. The summed E-state index contributed by atoms with van der Waals surface area (Å²) in [5.74, 6) is -0.0683. The van der Waals surface area contributed by atoms with Gasteiger partial charge in [0.25, 0.3) is 0 Å². The van der Waals surface area contributed by atoms with Gasteiger partial charge in [-0.2, -0.15) is 5.10 Å². The van der Waals surface area contributed by atoms with Gasteiger partial charge < -0.3 is 5.32 Å². The molecule has 0 aliphatic heterocycles. The van der Waals surface area contributed by atoms with Gasteiger partial charge in [-0.3, -0.25) is 4.79 Å². The van der Waals surface area contributed by atoms with E-state index in [0.29, 0.717) is 6.54 Å². The molecule has 0 saturated carbocycles. The summed E-state index contributed by atoms with van der Waals surface area (Å²) in [4.78, 5) is 11.5. The van der Waals surface area contributed by atoms with Crippen LogP contribution in [0.1, 0.15) is 12.5 Å². The molecule has 108 valence electrons. The van der Waals surface area contributed by atoms with Crippen molar-refractivity contribution >= 4 is 5.91 Å². The molecular formula is C17H19N3O. The fourth-order valence-corrected chi connectivity index (χ4v) is 1.88. The number of carbonyl (C=O) groups excluding carboxylic acids is 1.